The van der Waals surface area contributed by atoms with E-state index in [1.165, 1.54) is 17.2 Å². The molecule has 3 N–H and O–H groups in total. The number of hydrogen-bond acceptors (Lipinski definition) is 5. The second-order valence-electron chi connectivity index (χ2n) is 7.78. The third-order valence-electron chi connectivity index (χ3n) is 5.60. The maximum Gasteiger partial charge on any atom is 0.331 e. The summed E-state index contributed by atoms with van der Waals surface area (Å²) in [5.41, 5.74) is 5.13. The molecule has 1 fully saturated rings. The van der Waals surface area contributed by atoms with Crippen LogP contribution < -0.4 is 27.2 Å². The van der Waals surface area contributed by atoms with E-state index in [0.29, 0.717) is 12.1 Å². The Kier molecular flexibility index (Phi) is 6.47. The minimum atomic E-state index is -0.819. The van der Waals surface area contributed by atoms with Crippen LogP contribution in [0, 0.1) is 11.6 Å². The van der Waals surface area contributed by atoms with E-state index in [9.17, 15) is 23.2 Å². The topological polar surface area (TPSA) is 102 Å². The Balaban J connectivity index is 1.83. The molecule has 0 bridgehead atoms. The van der Waals surface area contributed by atoms with Crippen LogP contribution in [0.15, 0.2) is 64.3 Å². The predicted octanol–water partition coefficient (Wildman–Crippen LogP) is 0.973. The SMILES string of the molecule is N[C@H](Cn1c(=O)c(N2CCNCC2=O)cn(Cc2c(F)cccc2F)c1=O)c1ccccc1. The summed E-state index contributed by atoms with van der Waals surface area (Å²) >= 11 is 0. The lowest BCUT2D eigenvalue weighted by Gasteiger charge is -2.28. The highest BCUT2D eigenvalue weighted by Gasteiger charge is 2.25. The van der Waals surface area contributed by atoms with Crippen LogP contribution in [-0.4, -0.2) is 34.7 Å². The van der Waals surface area contributed by atoms with Gasteiger partial charge in [0.25, 0.3) is 5.56 Å². The number of anilines is 1. The molecule has 0 radical (unpaired) electrons. The van der Waals surface area contributed by atoms with Gasteiger partial charge in [0.15, 0.2) is 0 Å². The Morgan fingerprint density at radius 3 is 2.36 bits per heavy atom. The van der Waals surface area contributed by atoms with Crippen LogP contribution in [0.4, 0.5) is 14.5 Å². The number of carbonyl (C=O) groups excluding carboxylic acids is 1. The molecular weight excluding hydrogens is 432 g/mol. The first-order valence-electron chi connectivity index (χ1n) is 10.5. The number of benzene rings is 2. The van der Waals surface area contributed by atoms with Crippen molar-refractivity contribution < 1.29 is 13.6 Å². The minimum Gasteiger partial charge on any atom is -0.322 e. The summed E-state index contributed by atoms with van der Waals surface area (Å²) < 4.78 is 30.5. The zero-order chi connectivity index (χ0) is 23.5. The average molecular weight is 455 g/mol. The van der Waals surface area contributed by atoms with Crippen molar-refractivity contribution >= 4 is 11.6 Å². The van der Waals surface area contributed by atoms with E-state index in [-0.39, 0.29) is 36.8 Å². The minimum absolute atomic E-state index is 0.0318. The number of nitrogens with zero attached hydrogens (tertiary/aromatic N) is 3. The fourth-order valence-electron chi connectivity index (χ4n) is 3.81. The maximum atomic E-state index is 14.3. The number of nitrogens with two attached hydrogens (primary N) is 1. The van der Waals surface area contributed by atoms with E-state index in [4.69, 9.17) is 5.73 Å². The summed E-state index contributed by atoms with van der Waals surface area (Å²) in [6, 6.07) is 11.6. The van der Waals surface area contributed by atoms with Gasteiger partial charge in [-0.3, -0.25) is 18.7 Å². The van der Waals surface area contributed by atoms with E-state index < -0.39 is 35.5 Å². The fraction of sp³-hybridized carbons (Fsp3) is 0.261. The molecule has 10 heteroatoms. The third kappa shape index (κ3) is 4.62. The molecule has 1 saturated heterocycles. The Bertz CT molecular complexity index is 1270. The Labute approximate surface area is 187 Å². The van der Waals surface area contributed by atoms with Crippen LogP contribution in [0.5, 0.6) is 0 Å². The Morgan fingerprint density at radius 2 is 1.70 bits per heavy atom. The highest BCUT2D eigenvalue weighted by molar-refractivity contribution is 5.95. The third-order valence-corrected chi connectivity index (χ3v) is 5.60. The van der Waals surface area contributed by atoms with E-state index in [1.807, 2.05) is 6.07 Å². The number of hydrogen-bond donors (Lipinski definition) is 2. The molecule has 1 atom stereocenters. The molecule has 0 aliphatic carbocycles. The zero-order valence-electron chi connectivity index (χ0n) is 17.7. The fourth-order valence-corrected chi connectivity index (χ4v) is 3.81. The maximum absolute atomic E-state index is 14.3. The number of aromatic nitrogens is 2. The van der Waals surface area contributed by atoms with Crippen molar-refractivity contribution in [1.82, 2.24) is 14.5 Å². The summed E-state index contributed by atoms with van der Waals surface area (Å²) in [5.74, 6) is -1.99. The summed E-state index contributed by atoms with van der Waals surface area (Å²) in [5, 5.41) is 2.92. The van der Waals surface area contributed by atoms with Gasteiger partial charge in [0.05, 0.1) is 19.6 Å². The molecule has 1 aromatic heterocycles. The lowest BCUT2D eigenvalue weighted by atomic mass is 10.1. The van der Waals surface area contributed by atoms with Crippen LogP contribution in [0.1, 0.15) is 17.2 Å². The second kappa shape index (κ2) is 9.47. The van der Waals surface area contributed by atoms with Gasteiger partial charge in [-0.2, -0.15) is 0 Å². The van der Waals surface area contributed by atoms with Crippen molar-refractivity contribution in [2.75, 3.05) is 24.5 Å². The number of piperazine rings is 1. The van der Waals surface area contributed by atoms with Gasteiger partial charge in [-0.15, -0.1) is 0 Å². The van der Waals surface area contributed by atoms with E-state index in [2.05, 4.69) is 5.32 Å². The molecule has 172 valence electrons. The standard InChI is InChI=1S/C23H23F2N5O3/c24-17-7-4-8-18(25)16(17)12-28-14-20(29-10-9-27-11-21(29)31)22(32)30(23(28)33)13-19(26)15-5-2-1-3-6-15/h1-8,14,19,27H,9-13,26H2/t19-/m1/s1. The predicted molar refractivity (Wildman–Crippen MR) is 119 cm³/mol. The van der Waals surface area contributed by atoms with E-state index in [1.54, 1.807) is 24.3 Å². The number of carbonyl (C=O) groups is 1. The Morgan fingerprint density at radius 1 is 1.00 bits per heavy atom. The number of halogens is 2. The molecule has 0 saturated carbocycles. The van der Waals surface area contributed by atoms with E-state index >= 15 is 0 Å². The van der Waals surface area contributed by atoms with Crippen molar-refractivity contribution in [1.29, 1.82) is 0 Å². The molecule has 1 amide bonds. The first kappa shape index (κ1) is 22.6. The van der Waals surface area contributed by atoms with E-state index in [0.717, 1.165) is 21.3 Å². The van der Waals surface area contributed by atoms with Gasteiger partial charge >= 0.3 is 5.69 Å². The van der Waals surface area contributed by atoms with Gasteiger partial charge in [0.1, 0.15) is 17.3 Å². The highest BCUT2D eigenvalue weighted by Crippen LogP contribution is 2.16. The molecule has 33 heavy (non-hydrogen) atoms. The first-order valence-corrected chi connectivity index (χ1v) is 10.5. The van der Waals surface area contributed by atoms with Crippen LogP contribution in [0.2, 0.25) is 0 Å². The molecule has 4 rings (SSSR count). The first-order chi connectivity index (χ1) is 15.9. The summed E-state index contributed by atoms with van der Waals surface area (Å²) in [6.45, 7) is 0.0753. The van der Waals surface area contributed by atoms with Crippen molar-refractivity contribution in [2.24, 2.45) is 5.73 Å². The molecule has 0 spiro atoms. The van der Waals surface area contributed by atoms with Crippen LogP contribution in [-0.2, 0) is 17.9 Å². The van der Waals surface area contributed by atoms with Crippen molar-refractivity contribution in [2.45, 2.75) is 19.1 Å². The lowest BCUT2D eigenvalue weighted by Crippen LogP contribution is -2.52. The molecule has 3 aromatic rings. The highest BCUT2D eigenvalue weighted by atomic mass is 19.1. The summed E-state index contributed by atoms with van der Waals surface area (Å²) in [4.78, 5) is 40.2. The number of rotatable bonds is 6. The summed E-state index contributed by atoms with van der Waals surface area (Å²) in [7, 11) is 0. The lowest BCUT2D eigenvalue weighted by molar-refractivity contribution is -0.118. The van der Waals surface area contributed by atoms with Gasteiger partial charge in [-0.25, -0.2) is 13.6 Å². The number of amides is 1. The van der Waals surface area contributed by atoms with Crippen molar-refractivity contribution in [3.05, 3.63) is 98.3 Å². The molecule has 1 aliphatic heterocycles. The normalized spacial score (nSPS) is 15.0. The summed E-state index contributed by atoms with van der Waals surface area (Å²) in [6.07, 6.45) is 1.18. The van der Waals surface area contributed by atoms with Gasteiger partial charge in [-0.05, 0) is 17.7 Å². The van der Waals surface area contributed by atoms with Crippen molar-refractivity contribution in [3.8, 4) is 0 Å². The molecule has 2 heterocycles. The quantitative estimate of drug-likeness (QED) is 0.577. The number of nitrogens with one attached hydrogen (secondary N) is 1. The monoisotopic (exact) mass is 455 g/mol. The molecule has 1 aliphatic rings. The average Bonchev–Trinajstić information content (AvgIpc) is 2.81. The molecular formula is C23H23F2N5O3. The molecule has 0 unspecified atom stereocenters. The molecule has 8 nitrogen and oxygen atoms in total. The van der Waals surface area contributed by atoms with Gasteiger partial charge in [-0.1, -0.05) is 36.4 Å². The Hall–Kier alpha value is -3.63. The van der Waals surface area contributed by atoms with Gasteiger partial charge < -0.3 is 16.0 Å². The van der Waals surface area contributed by atoms with Crippen LogP contribution in [0.25, 0.3) is 0 Å². The zero-order valence-corrected chi connectivity index (χ0v) is 17.7. The van der Waals surface area contributed by atoms with Gasteiger partial charge in [0, 0.05) is 30.9 Å². The molecule has 2 aromatic carbocycles. The van der Waals surface area contributed by atoms with Gasteiger partial charge in [0.2, 0.25) is 5.91 Å². The largest absolute Gasteiger partial charge is 0.331 e. The van der Waals surface area contributed by atoms with Crippen LogP contribution in [0.3, 0.4) is 0 Å². The van der Waals surface area contributed by atoms with Crippen LogP contribution >= 0.6 is 0 Å². The second-order valence-corrected chi connectivity index (χ2v) is 7.78. The van der Waals surface area contributed by atoms with Crippen molar-refractivity contribution in [3.63, 3.8) is 0 Å². The smallest absolute Gasteiger partial charge is 0.322 e.